The molecule has 5 heteroatoms. The lowest BCUT2D eigenvalue weighted by molar-refractivity contribution is -0.124. The van der Waals surface area contributed by atoms with E-state index in [4.69, 9.17) is 10.5 Å². The van der Waals surface area contributed by atoms with Crippen LogP contribution in [0.25, 0.3) is 0 Å². The highest BCUT2D eigenvalue weighted by molar-refractivity contribution is 5.80. The van der Waals surface area contributed by atoms with Gasteiger partial charge in [-0.2, -0.15) is 0 Å². The van der Waals surface area contributed by atoms with Crippen molar-refractivity contribution in [2.75, 3.05) is 26.7 Å². The smallest absolute Gasteiger partial charge is 0.236 e. The van der Waals surface area contributed by atoms with Gasteiger partial charge in [0.2, 0.25) is 5.91 Å². The quantitative estimate of drug-likeness (QED) is 0.818. The van der Waals surface area contributed by atoms with E-state index in [1.807, 2.05) is 19.1 Å². The van der Waals surface area contributed by atoms with E-state index in [2.05, 4.69) is 16.3 Å². The maximum Gasteiger partial charge on any atom is 0.236 e. The van der Waals surface area contributed by atoms with Crippen LogP contribution in [-0.4, -0.2) is 43.6 Å². The van der Waals surface area contributed by atoms with Gasteiger partial charge in [-0.25, -0.2) is 0 Å². The van der Waals surface area contributed by atoms with Gasteiger partial charge in [0, 0.05) is 31.7 Å². The minimum atomic E-state index is -0.279. The lowest BCUT2D eigenvalue weighted by Gasteiger charge is -2.34. The number of hydrogen-bond acceptors (Lipinski definition) is 4. The first kappa shape index (κ1) is 13.8. The molecule has 0 spiro atoms. The highest BCUT2D eigenvalue weighted by Crippen LogP contribution is 2.22. The van der Waals surface area contributed by atoms with E-state index in [0.29, 0.717) is 13.1 Å². The molecule has 1 aromatic rings. The first-order valence-electron chi connectivity index (χ1n) is 6.49. The maximum absolute atomic E-state index is 11.5. The van der Waals surface area contributed by atoms with Gasteiger partial charge in [-0.1, -0.05) is 17.7 Å². The number of rotatable bonds is 4. The van der Waals surface area contributed by atoms with Gasteiger partial charge in [-0.15, -0.1) is 0 Å². The first-order chi connectivity index (χ1) is 9.11. The Hall–Kier alpha value is -1.59. The number of piperazine rings is 1. The number of carbonyl (C=O) groups is 1. The van der Waals surface area contributed by atoms with Crippen LogP contribution in [0.3, 0.4) is 0 Å². The van der Waals surface area contributed by atoms with Gasteiger partial charge in [0.15, 0.2) is 0 Å². The molecule has 1 unspecified atom stereocenters. The second kappa shape index (κ2) is 6.04. The van der Waals surface area contributed by atoms with Crippen LogP contribution in [0.2, 0.25) is 0 Å². The van der Waals surface area contributed by atoms with E-state index in [9.17, 15) is 4.79 Å². The Bertz CT molecular complexity index is 462. The minimum absolute atomic E-state index is 0.251. The molecule has 0 aliphatic carbocycles. The first-order valence-corrected chi connectivity index (χ1v) is 6.49. The van der Waals surface area contributed by atoms with E-state index in [1.54, 1.807) is 7.11 Å². The number of nitrogens with two attached hydrogens (primary N) is 1. The summed E-state index contributed by atoms with van der Waals surface area (Å²) >= 11 is 0. The van der Waals surface area contributed by atoms with Crippen LogP contribution in [0.4, 0.5) is 0 Å². The maximum atomic E-state index is 11.5. The zero-order chi connectivity index (χ0) is 13.8. The van der Waals surface area contributed by atoms with Crippen molar-refractivity contribution in [1.82, 2.24) is 10.2 Å². The summed E-state index contributed by atoms with van der Waals surface area (Å²) in [7, 11) is 1.66. The minimum Gasteiger partial charge on any atom is -0.496 e. The third-order valence-electron chi connectivity index (χ3n) is 3.49. The second-order valence-corrected chi connectivity index (χ2v) is 4.91. The summed E-state index contributed by atoms with van der Waals surface area (Å²) in [5.41, 5.74) is 7.74. The van der Waals surface area contributed by atoms with Crippen molar-refractivity contribution in [2.45, 2.75) is 19.5 Å². The SMILES string of the molecule is COc1ccc(C)cc1CN1CCNCC1C(N)=O. The van der Waals surface area contributed by atoms with Gasteiger partial charge >= 0.3 is 0 Å². The van der Waals surface area contributed by atoms with Gasteiger partial charge in [0.1, 0.15) is 11.8 Å². The topological polar surface area (TPSA) is 67.6 Å². The predicted octanol–water partition coefficient (Wildman–Crippen LogP) is 0.263. The Morgan fingerprint density at radius 3 is 3.05 bits per heavy atom. The molecule has 2 rings (SSSR count). The van der Waals surface area contributed by atoms with Crippen molar-refractivity contribution in [3.05, 3.63) is 29.3 Å². The summed E-state index contributed by atoms with van der Waals surface area (Å²) in [5, 5.41) is 3.20. The Labute approximate surface area is 113 Å². The Morgan fingerprint density at radius 2 is 2.37 bits per heavy atom. The fraction of sp³-hybridized carbons (Fsp3) is 0.500. The lowest BCUT2D eigenvalue weighted by atomic mass is 10.1. The van der Waals surface area contributed by atoms with Crippen molar-refractivity contribution in [3.63, 3.8) is 0 Å². The van der Waals surface area contributed by atoms with E-state index >= 15 is 0 Å². The van der Waals surface area contributed by atoms with E-state index in [-0.39, 0.29) is 11.9 Å². The number of benzene rings is 1. The Morgan fingerprint density at radius 1 is 1.58 bits per heavy atom. The van der Waals surface area contributed by atoms with Crippen molar-refractivity contribution >= 4 is 5.91 Å². The van der Waals surface area contributed by atoms with Crippen molar-refractivity contribution in [3.8, 4) is 5.75 Å². The standard InChI is InChI=1S/C14H21N3O2/c1-10-3-4-13(19-2)11(7-10)9-17-6-5-16-8-12(17)14(15)18/h3-4,7,12,16H,5-6,8-9H2,1-2H3,(H2,15,18). The third-order valence-corrected chi connectivity index (χ3v) is 3.49. The third kappa shape index (κ3) is 3.24. The van der Waals surface area contributed by atoms with Crippen LogP contribution in [0.15, 0.2) is 18.2 Å². The van der Waals surface area contributed by atoms with Gasteiger partial charge < -0.3 is 15.8 Å². The van der Waals surface area contributed by atoms with Crippen LogP contribution >= 0.6 is 0 Å². The fourth-order valence-electron chi connectivity index (χ4n) is 2.47. The number of hydrogen-bond donors (Lipinski definition) is 2. The van der Waals surface area contributed by atoms with E-state index in [1.165, 1.54) is 5.56 Å². The molecule has 104 valence electrons. The molecule has 1 aromatic carbocycles. The van der Waals surface area contributed by atoms with Crippen molar-refractivity contribution in [2.24, 2.45) is 5.73 Å². The van der Waals surface area contributed by atoms with Gasteiger partial charge in [-0.05, 0) is 13.0 Å². The summed E-state index contributed by atoms with van der Waals surface area (Å²) in [6.45, 7) is 5.03. The molecular weight excluding hydrogens is 242 g/mol. The van der Waals surface area contributed by atoms with Crippen LogP contribution in [-0.2, 0) is 11.3 Å². The van der Waals surface area contributed by atoms with E-state index < -0.39 is 0 Å². The Kier molecular flexibility index (Phi) is 4.39. The summed E-state index contributed by atoms with van der Waals surface area (Å²) in [4.78, 5) is 13.6. The van der Waals surface area contributed by atoms with Crippen LogP contribution in [0.5, 0.6) is 5.75 Å². The molecule has 1 atom stereocenters. The molecular formula is C14H21N3O2. The van der Waals surface area contributed by atoms with Crippen LogP contribution in [0.1, 0.15) is 11.1 Å². The molecule has 1 aliphatic heterocycles. The zero-order valence-electron chi connectivity index (χ0n) is 11.5. The Balaban J connectivity index is 2.18. The fourth-order valence-corrected chi connectivity index (χ4v) is 2.47. The average Bonchev–Trinajstić information content (AvgIpc) is 2.39. The molecule has 0 saturated carbocycles. The summed E-state index contributed by atoms with van der Waals surface area (Å²) < 4.78 is 5.38. The summed E-state index contributed by atoms with van der Waals surface area (Å²) in [6, 6.07) is 5.83. The molecule has 3 N–H and O–H groups in total. The molecule has 0 aromatic heterocycles. The number of aryl methyl sites for hydroxylation is 1. The number of primary amides is 1. The lowest BCUT2D eigenvalue weighted by Crippen LogP contribution is -2.56. The molecule has 1 aliphatic rings. The largest absolute Gasteiger partial charge is 0.496 e. The molecule has 0 radical (unpaired) electrons. The second-order valence-electron chi connectivity index (χ2n) is 4.91. The highest BCUT2D eigenvalue weighted by Gasteiger charge is 2.27. The molecule has 5 nitrogen and oxygen atoms in total. The normalized spacial score (nSPS) is 20.2. The molecule has 1 heterocycles. The highest BCUT2D eigenvalue weighted by atomic mass is 16.5. The average molecular weight is 263 g/mol. The predicted molar refractivity (Wildman–Crippen MR) is 74.0 cm³/mol. The number of nitrogens with zero attached hydrogens (tertiary/aromatic N) is 1. The van der Waals surface area contributed by atoms with Gasteiger partial charge in [-0.3, -0.25) is 9.69 Å². The van der Waals surface area contributed by atoms with Crippen molar-refractivity contribution in [1.29, 1.82) is 0 Å². The van der Waals surface area contributed by atoms with Crippen LogP contribution in [0, 0.1) is 6.92 Å². The van der Waals surface area contributed by atoms with Crippen LogP contribution < -0.4 is 15.8 Å². The van der Waals surface area contributed by atoms with Crippen molar-refractivity contribution < 1.29 is 9.53 Å². The zero-order valence-corrected chi connectivity index (χ0v) is 11.5. The molecule has 0 bridgehead atoms. The molecule has 1 amide bonds. The van der Waals surface area contributed by atoms with Gasteiger partial charge in [0.05, 0.1) is 7.11 Å². The number of amides is 1. The molecule has 1 fully saturated rings. The summed E-state index contributed by atoms with van der Waals surface area (Å²) in [5.74, 6) is 0.575. The number of methoxy groups -OCH3 is 1. The number of nitrogens with one attached hydrogen (secondary N) is 1. The van der Waals surface area contributed by atoms with E-state index in [0.717, 1.165) is 24.4 Å². The monoisotopic (exact) mass is 263 g/mol. The number of carbonyl (C=O) groups excluding carboxylic acids is 1. The molecule has 1 saturated heterocycles. The number of ether oxygens (including phenoxy) is 1. The van der Waals surface area contributed by atoms with Gasteiger partial charge in [0.25, 0.3) is 0 Å². The molecule has 19 heavy (non-hydrogen) atoms. The summed E-state index contributed by atoms with van der Waals surface area (Å²) in [6.07, 6.45) is 0.